The van der Waals surface area contributed by atoms with Crippen LogP contribution in [0.15, 0.2) is 12.2 Å². The lowest BCUT2D eigenvalue weighted by Crippen LogP contribution is -2.17. The molecule has 0 amide bonds. The Balaban J connectivity index is 0.000000221. The lowest BCUT2D eigenvalue weighted by atomic mass is 9.86. The van der Waals surface area contributed by atoms with Crippen LogP contribution >= 0.6 is 0 Å². The van der Waals surface area contributed by atoms with Crippen molar-refractivity contribution in [3.05, 3.63) is 12.2 Å². The fraction of sp³-hybridized carbons (Fsp3) is 0.636. The molecule has 1 fully saturated rings. The number of hydrogen-bond donors (Lipinski definition) is 2. The van der Waals surface area contributed by atoms with E-state index in [1.807, 2.05) is 6.08 Å². The number of carbonyl (C=O) groups is 2. The number of allylic oxidation sites excluding steroid dienone is 1. The van der Waals surface area contributed by atoms with Gasteiger partial charge in [0, 0.05) is 0 Å². The summed E-state index contributed by atoms with van der Waals surface area (Å²) in [6.45, 7) is 1.39. The maximum atomic E-state index is 10.9. The van der Waals surface area contributed by atoms with Crippen LogP contribution in [0.5, 0.6) is 0 Å². The standard InChI is InChI=1S/C8H8O3.C3H8O2/c9-7-5-3-1-2-4-6(5)8(10)11-7;1-3(5)2-4/h1,3,5-6H,2,4H2;3-5H,2H2,1H3. The molecule has 1 aliphatic carbocycles. The van der Waals surface area contributed by atoms with Crippen LogP contribution in [0.1, 0.15) is 19.8 Å². The number of rotatable bonds is 1. The zero-order valence-corrected chi connectivity index (χ0v) is 9.13. The molecule has 1 saturated heterocycles. The molecule has 0 aromatic carbocycles. The average Bonchev–Trinajstić information content (AvgIpc) is 2.56. The van der Waals surface area contributed by atoms with E-state index in [0.717, 1.165) is 12.8 Å². The maximum absolute atomic E-state index is 10.9. The summed E-state index contributed by atoms with van der Waals surface area (Å²) >= 11 is 0. The van der Waals surface area contributed by atoms with Crippen LogP contribution in [0.25, 0.3) is 0 Å². The molecule has 0 aromatic rings. The minimum Gasteiger partial charge on any atom is -0.394 e. The van der Waals surface area contributed by atoms with Gasteiger partial charge in [-0.25, -0.2) is 0 Å². The third-order valence-corrected chi connectivity index (χ3v) is 2.46. The van der Waals surface area contributed by atoms with E-state index in [2.05, 4.69) is 4.74 Å². The summed E-state index contributed by atoms with van der Waals surface area (Å²) in [6, 6.07) is 0. The second-order valence-corrected chi connectivity index (χ2v) is 3.91. The average molecular weight is 228 g/mol. The Morgan fingerprint density at radius 3 is 2.62 bits per heavy atom. The molecule has 3 atom stereocenters. The van der Waals surface area contributed by atoms with Crippen LogP contribution in [0, 0.1) is 11.8 Å². The fourth-order valence-corrected chi connectivity index (χ4v) is 1.58. The Morgan fingerprint density at radius 1 is 1.50 bits per heavy atom. The van der Waals surface area contributed by atoms with Crippen LogP contribution < -0.4 is 0 Å². The molecule has 0 radical (unpaired) electrons. The van der Waals surface area contributed by atoms with Gasteiger partial charge in [-0.15, -0.1) is 0 Å². The lowest BCUT2D eigenvalue weighted by molar-refractivity contribution is -0.153. The number of aliphatic hydroxyl groups excluding tert-OH is 2. The minimum atomic E-state index is -0.560. The molecule has 1 aliphatic heterocycles. The first-order valence-corrected chi connectivity index (χ1v) is 5.27. The number of cyclic esters (lactones) is 2. The first kappa shape index (κ1) is 12.9. The highest BCUT2D eigenvalue weighted by molar-refractivity contribution is 5.97. The van der Waals surface area contributed by atoms with Crippen molar-refractivity contribution in [3.63, 3.8) is 0 Å². The summed E-state index contributed by atoms with van der Waals surface area (Å²) in [4.78, 5) is 21.9. The van der Waals surface area contributed by atoms with Crippen molar-refractivity contribution in [2.75, 3.05) is 6.61 Å². The Morgan fingerprint density at radius 2 is 2.12 bits per heavy atom. The molecule has 5 heteroatoms. The van der Waals surface area contributed by atoms with E-state index in [-0.39, 0.29) is 30.4 Å². The first-order chi connectivity index (χ1) is 7.56. The number of carbonyl (C=O) groups excluding carboxylic acids is 2. The maximum Gasteiger partial charge on any atom is 0.321 e. The van der Waals surface area contributed by atoms with Crippen molar-refractivity contribution in [1.29, 1.82) is 0 Å². The Bertz CT molecular complexity index is 295. The Kier molecular flexibility index (Phi) is 4.64. The highest BCUT2D eigenvalue weighted by Gasteiger charge is 2.43. The highest BCUT2D eigenvalue weighted by atomic mass is 16.6. The van der Waals surface area contributed by atoms with Crippen LogP contribution in [0.3, 0.4) is 0 Å². The second-order valence-electron chi connectivity index (χ2n) is 3.91. The fourth-order valence-electron chi connectivity index (χ4n) is 1.58. The van der Waals surface area contributed by atoms with Crippen molar-refractivity contribution >= 4 is 11.9 Å². The van der Waals surface area contributed by atoms with Crippen molar-refractivity contribution in [2.24, 2.45) is 11.8 Å². The molecule has 1 heterocycles. The molecule has 0 spiro atoms. The summed E-state index contributed by atoms with van der Waals surface area (Å²) in [6.07, 6.45) is 4.78. The Labute approximate surface area is 93.7 Å². The molecular formula is C11H16O5. The summed E-state index contributed by atoms with van der Waals surface area (Å²) in [5, 5.41) is 16.0. The normalized spacial score (nSPS) is 28.9. The highest BCUT2D eigenvalue weighted by Crippen LogP contribution is 2.32. The first-order valence-electron chi connectivity index (χ1n) is 5.27. The number of fused-ring (bicyclic) bond motifs is 1. The van der Waals surface area contributed by atoms with E-state index in [1.54, 1.807) is 6.08 Å². The van der Waals surface area contributed by atoms with E-state index in [1.165, 1.54) is 6.92 Å². The smallest absolute Gasteiger partial charge is 0.321 e. The summed E-state index contributed by atoms with van der Waals surface area (Å²) < 4.78 is 4.48. The predicted molar refractivity (Wildman–Crippen MR) is 55.2 cm³/mol. The van der Waals surface area contributed by atoms with Gasteiger partial charge in [-0.2, -0.15) is 0 Å². The molecule has 2 rings (SSSR count). The monoisotopic (exact) mass is 228 g/mol. The van der Waals surface area contributed by atoms with Gasteiger partial charge in [-0.05, 0) is 19.8 Å². The SMILES string of the molecule is CC(O)CO.O=C1OC(=O)C2CCC=CC12. The van der Waals surface area contributed by atoms with E-state index in [4.69, 9.17) is 10.2 Å². The molecule has 5 nitrogen and oxygen atoms in total. The molecule has 2 aliphatic rings. The molecule has 0 saturated carbocycles. The number of esters is 2. The molecular weight excluding hydrogens is 212 g/mol. The van der Waals surface area contributed by atoms with E-state index in [0.29, 0.717) is 0 Å². The third-order valence-electron chi connectivity index (χ3n) is 2.46. The van der Waals surface area contributed by atoms with Gasteiger partial charge in [0.05, 0.1) is 24.5 Å². The lowest BCUT2D eigenvalue weighted by Gasteiger charge is -2.12. The van der Waals surface area contributed by atoms with Crippen LogP contribution in [-0.2, 0) is 14.3 Å². The Hall–Kier alpha value is -1.20. The summed E-state index contributed by atoms with van der Waals surface area (Å²) in [5.74, 6) is -1.19. The molecule has 90 valence electrons. The quantitative estimate of drug-likeness (QED) is 0.375. The molecule has 3 unspecified atom stereocenters. The zero-order valence-electron chi connectivity index (χ0n) is 9.13. The molecule has 0 aromatic heterocycles. The van der Waals surface area contributed by atoms with Gasteiger partial charge in [0.1, 0.15) is 0 Å². The van der Waals surface area contributed by atoms with Gasteiger partial charge in [0.25, 0.3) is 0 Å². The van der Waals surface area contributed by atoms with Gasteiger partial charge < -0.3 is 14.9 Å². The third kappa shape index (κ3) is 3.15. The van der Waals surface area contributed by atoms with Crippen molar-refractivity contribution in [2.45, 2.75) is 25.9 Å². The zero-order chi connectivity index (χ0) is 12.1. The van der Waals surface area contributed by atoms with E-state index < -0.39 is 6.10 Å². The predicted octanol–water partition coefficient (Wildman–Crippen LogP) is 0.0117. The summed E-state index contributed by atoms with van der Waals surface area (Å²) in [5.41, 5.74) is 0. The van der Waals surface area contributed by atoms with E-state index in [9.17, 15) is 9.59 Å². The van der Waals surface area contributed by atoms with Crippen LogP contribution in [0.2, 0.25) is 0 Å². The van der Waals surface area contributed by atoms with E-state index >= 15 is 0 Å². The number of aliphatic hydroxyl groups is 2. The van der Waals surface area contributed by atoms with Crippen molar-refractivity contribution in [1.82, 2.24) is 0 Å². The van der Waals surface area contributed by atoms with Crippen LogP contribution in [-0.4, -0.2) is 34.9 Å². The minimum absolute atomic E-state index is 0.139. The second kappa shape index (κ2) is 5.77. The molecule has 2 N–H and O–H groups in total. The summed E-state index contributed by atoms with van der Waals surface area (Å²) in [7, 11) is 0. The van der Waals surface area contributed by atoms with Crippen molar-refractivity contribution in [3.8, 4) is 0 Å². The van der Waals surface area contributed by atoms with Gasteiger partial charge >= 0.3 is 11.9 Å². The molecule has 0 bridgehead atoms. The largest absolute Gasteiger partial charge is 0.394 e. The van der Waals surface area contributed by atoms with Crippen LogP contribution in [0.4, 0.5) is 0 Å². The number of ether oxygens (including phenoxy) is 1. The van der Waals surface area contributed by atoms with Gasteiger partial charge in [-0.1, -0.05) is 12.2 Å². The van der Waals surface area contributed by atoms with Gasteiger partial charge in [0.15, 0.2) is 0 Å². The van der Waals surface area contributed by atoms with Gasteiger partial charge in [0.2, 0.25) is 0 Å². The number of hydrogen-bond acceptors (Lipinski definition) is 5. The topological polar surface area (TPSA) is 83.8 Å². The molecule has 16 heavy (non-hydrogen) atoms. The van der Waals surface area contributed by atoms with Crippen molar-refractivity contribution < 1.29 is 24.5 Å². The van der Waals surface area contributed by atoms with Gasteiger partial charge in [-0.3, -0.25) is 9.59 Å².